The van der Waals surface area contributed by atoms with E-state index in [0.29, 0.717) is 0 Å². The third-order valence-electron chi connectivity index (χ3n) is 4.13. The second-order valence-electron chi connectivity index (χ2n) is 6.16. The Morgan fingerprint density at radius 3 is 2.61 bits per heavy atom. The Balaban J connectivity index is 2.40. The molecule has 0 spiro atoms. The molecule has 0 unspecified atom stereocenters. The zero-order valence-electron chi connectivity index (χ0n) is 14.2. The van der Waals surface area contributed by atoms with Gasteiger partial charge in [0.05, 0.1) is 10.6 Å². The average molecular weight is 313 g/mol. The number of nitro benzene ring substituents is 1. The summed E-state index contributed by atoms with van der Waals surface area (Å²) in [6.07, 6.45) is 1.86. The van der Waals surface area contributed by atoms with Crippen molar-refractivity contribution in [2.24, 2.45) is 4.99 Å². The van der Waals surface area contributed by atoms with Crippen LogP contribution < -0.4 is 0 Å². The molecule has 1 heterocycles. The summed E-state index contributed by atoms with van der Waals surface area (Å²) in [6.45, 7) is 12.9. The highest BCUT2D eigenvalue weighted by Gasteiger charge is 2.21. The van der Waals surface area contributed by atoms with Crippen LogP contribution in [0.2, 0.25) is 0 Å². The maximum atomic E-state index is 10.9. The molecule has 1 aliphatic heterocycles. The molecule has 0 aliphatic carbocycles. The molecule has 0 atom stereocenters. The van der Waals surface area contributed by atoms with Crippen LogP contribution in [0.1, 0.15) is 39.2 Å². The molecule has 23 heavy (non-hydrogen) atoms. The molecule has 0 radical (unpaired) electrons. The normalized spacial score (nSPS) is 16.9. The van der Waals surface area contributed by atoms with Gasteiger partial charge >= 0.3 is 0 Å². The quantitative estimate of drug-likeness (QED) is 0.451. The first-order valence-electron chi connectivity index (χ1n) is 7.70. The van der Waals surface area contributed by atoms with Gasteiger partial charge in [-0.1, -0.05) is 17.7 Å². The third kappa shape index (κ3) is 3.86. The maximum absolute atomic E-state index is 10.9. The van der Waals surface area contributed by atoms with Crippen molar-refractivity contribution in [3.63, 3.8) is 0 Å². The highest BCUT2D eigenvalue weighted by atomic mass is 16.6. The standard InChI is InChI=1S/C18H23N3O2/c1-12(2)11-20-15(5)13(3)6-9-18(20)19-17-8-7-16(21(22)23)10-14(17)4/h7-8,10H,1,6,9,11H2,2-5H3. The molecule has 2 rings (SSSR count). The molecule has 0 aromatic heterocycles. The highest BCUT2D eigenvalue weighted by molar-refractivity contribution is 5.88. The van der Waals surface area contributed by atoms with Crippen LogP contribution in [0.4, 0.5) is 11.4 Å². The summed E-state index contributed by atoms with van der Waals surface area (Å²) >= 11 is 0. The predicted molar refractivity (Wildman–Crippen MR) is 94.1 cm³/mol. The summed E-state index contributed by atoms with van der Waals surface area (Å²) in [4.78, 5) is 17.5. The SMILES string of the molecule is C=C(C)CN1C(=Nc2ccc([N+](=O)[O-])cc2C)CCC(C)=C1C. The first-order valence-corrected chi connectivity index (χ1v) is 7.70. The number of hydrogen-bond donors (Lipinski definition) is 0. The number of aliphatic imine (C=N–C) groups is 1. The van der Waals surface area contributed by atoms with E-state index >= 15 is 0 Å². The minimum Gasteiger partial charge on any atom is -0.330 e. The summed E-state index contributed by atoms with van der Waals surface area (Å²) in [5.41, 5.74) is 5.35. The Labute approximate surface area is 137 Å². The lowest BCUT2D eigenvalue weighted by atomic mass is 10.0. The van der Waals surface area contributed by atoms with Crippen LogP contribution in [0.15, 0.2) is 46.6 Å². The van der Waals surface area contributed by atoms with E-state index in [1.54, 1.807) is 12.1 Å². The van der Waals surface area contributed by atoms with Crippen LogP contribution in [0.25, 0.3) is 0 Å². The van der Waals surface area contributed by atoms with E-state index in [1.165, 1.54) is 17.3 Å². The van der Waals surface area contributed by atoms with Gasteiger partial charge in [-0.3, -0.25) is 10.1 Å². The Morgan fingerprint density at radius 1 is 1.35 bits per heavy atom. The molecule has 1 aromatic rings. The summed E-state index contributed by atoms with van der Waals surface area (Å²) < 4.78 is 0. The zero-order chi connectivity index (χ0) is 17.1. The molecule has 0 N–H and O–H groups in total. The van der Waals surface area contributed by atoms with E-state index in [2.05, 4.69) is 25.3 Å². The summed E-state index contributed by atoms with van der Waals surface area (Å²) in [5.74, 6) is 0.994. The number of amidine groups is 1. The van der Waals surface area contributed by atoms with Crippen molar-refractivity contribution in [3.05, 3.63) is 57.3 Å². The number of nitro groups is 1. The molecular formula is C18H23N3O2. The highest BCUT2D eigenvalue weighted by Crippen LogP contribution is 2.29. The number of allylic oxidation sites excluding steroid dienone is 2. The molecule has 0 saturated heterocycles. The van der Waals surface area contributed by atoms with Crippen molar-refractivity contribution >= 4 is 17.2 Å². The Hall–Kier alpha value is -2.43. The van der Waals surface area contributed by atoms with E-state index in [9.17, 15) is 10.1 Å². The Bertz CT molecular complexity index is 717. The third-order valence-corrected chi connectivity index (χ3v) is 4.13. The lowest BCUT2D eigenvalue weighted by Crippen LogP contribution is -2.34. The summed E-state index contributed by atoms with van der Waals surface area (Å²) in [5, 5.41) is 10.9. The number of non-ortho nitro benzene ring substituents is 1. The van der Waals surface area contributed by atoms with Crippen molar-refractivity contribution in [1.29, 1.82) is 0 Å². The van der Waals surface area contributed by atoms with Crippen LogP contribution in [0.5, 0.6) is 0 Å². The van der Waals surface area contributed by atoms with Gasteiger partial charge in [0.15, 0.2) is 0 Å². The molecular weight excluding hydrogens is 290 g/mol. The average Bonchev–Trinajstić information content (AvgIpc) is 2.48. The first-order chi connectivity index (χ1) is 10.8. The van der Waals surface area contributed by atoms with Crippen LogP contribution >= 0.6 is 0 Å². The second-order valence-corrected chi connectivity index (χ2v) is 6.16. The van der Waals surface area contributed by atoms with E-state index in [-0.39, 0.29) is 10.6 Å². The summed E-state index contributed by atoms with van der Waals surface area (Å²) in [7, 11) is 0. The first kappa shape index (κ1) is 16.9. The fraction of sp³-hybridized carbons (Fsp3) is 0.389. The second kappa shape index (κ2) is 6.77. The number of rotatable bonds is 4. The van der Waals surface area contributed by atoms with E-state index < -0.39 is 0 Å². The molecule has 1 aliphatic rings. The minimum atomic E-state index is -0.381. The number of aryl methyl sites for hydroxylation is 1. The fourth-order valence-corrected chi connectivity index (χ4v) is 2.65. The summed E-state index contributed by atoms with van der Waals surface area (Å²) in [6, 6.07) is 4.80. The molecule has 122 valence electrons. The van der Waals surface area contributed by atoms with Crippen molar-refractivity contribution in [2.75, 3.05) is 6.54 Å². The zero-order valence-corrected chi connectivity index (χ0v) is 14.2. The van der Waals surface area contributed by atoms with Crippen molar-refractivity contribution in [2.45, 2.75) is 40.5 Å². The molecule has 0 saturated carbocycles. The molecule has 5 heteroatoms. The van der Waals surface area contributed by atoms with E-state index in [4.69, 9.17) is 4.99 Å². The number of benzene rings is 1. The monoisotopic (exact) mass is 313 g/mol. The molecule has 0 bridgehead atoms. The number of hydrogen-bond acceptors (Lipinski definition) is 3. The van der Waals surface area contributed by atoms with Gasteiger partial charge in [0.25, 0.3) is 5.69 Å². The van der Waals surface area contributed by atoms with Gasteiger partial charge in [-0.2, -0.15) is 0 Å². The topological polar surface area (TPSA) is 58.7 Å². The molecule has 5 nitrogen and oxygen atoms in total. The van der Waals surface area contributed by atoms with Gasteiger partial charge in [0.1, 0.15) is 5.84 Å². The van der Waals surface area contributed by atoms with Gasteiger partial charge in [-0.05, 0) is 45.7 Å². The van der Waals surface area contributed by atoms with Crippen molar-refractivity contribution < 1.29 is 4.92 Å². The molecule has 0 fully saturated rings. The van der Waals surface area contributed by atoms with E-state index in [0.717, 1.165) is 42.0 Å². The lowest BCUT2D eigenvalue weighted by molar-refractivity contribution is -0.384. The van der Waals surface area contributed by atoms with Gasteiger partial charge in [-0.15, -0.1) is 0 Å². The Kier molecular flexibility index (Phi) is 4.98. The lowest BCUT2D eigenvalue weighted by Gasteiger charge is -2.33. The largest absolute Gasteiger partial charge is 0.330 e. The number of nitrogens with zero attached hydrogens (tertiary/aromatic N) is 3. The van der Waals surface area contributed by atoms with Gasteiger partial charge in [0, 0.05) is 30.8 Å². The van der Waals surface area contributed by atoms with Crippen LogP contribution in [-0.4, -0.2) is 22.2 Å². The van der Waals surface area contributed by atoms with Crippen molar-refractivity contribution in [1.82, 2.24) is 4.90 Å². The van der Waals surface area contributed by atoms with Crippen LogP contribution in [0, 0.1) is 17.0 Å². The molecule has 1 aromatic carbocycles. The maximum Gasteiger partial charge on any atom is 0.269 e. The smallest absolute Gasteiger partial charge is 0.269 e. The van der Waals surface area contributed by atoms with Crippen LogP contribution in [0.3, 0.4) is 0 Å². The van der Waals surface area contributed by atoms with Gasteiger partial charge in [0.2, 0.25) is 0 Å². The molecule has 0 amide bonds. The Morgan fingerprint density at radius 2 is 2.04 bits per heavy atom. The van der Waals surface area contributed by atoms with Crippen LogP contribution in [-0.2, 0) is 0 Å². The van der Waals surface area contributed by atoms with Gasteiger partial charge in [-0.25, -0.2) is 4.99 Å². The minimum absolute atomic E-state index is 0.0980. The van der Waals surface area contributed by atoms with E-state index in [1.807, 2.05) is 13.8 Å². The fourth-order valence-electron chi connectivity index (χ4n) is 2.65. The van der Waals surface area contributed by atoms with Crippen molar-refractivity contribution in [3.8, 4) is 0 Å². The van der Waals surface area contributed by atoms with Gasteiger partial charge < -0.3 is 4.90 Å². The predicted octanol–water partition coefficient (Wildman–Crippen LogP) is 4.90.